The number of carbonyl (C=O) groups excluding carboxylic acids is 1. The average Bonchev–Trinajstić information content (AvgIpc) is 2.55. The normalized spacial score (nSPS) is 10.6. The van der Waals surface area contributed by atoms with Gasteiger partial charge in [-0.2, -0.15) is 5.10 Å². The van der Waals surface area contributed by atoms with E-state index in [1.165, 1.54) is 20.4 Å². The largest absolute Gasteiger partial charge is 0.496 e. The molecule has 2 aromatic rings. The van der Waals surface area contributed by atoms with E-state index >= 15 is 0 Å². The van der Waals surface area contributed by atoms with Crippen molar-refractivity contribution in [3.05, 3.63) is 57.0 Å². The van der Waals surface area contributed by atoms with Crippen LogP contribution in [0.1, 0.15) is 15.9 Å². The van der Waals surface area contributed by atoms with Gasteiger partial charge in [0.15, 0.2) is 0 Å². The highest BCUT2D eigenvalue weighted by Crippen LogP contribution is 2.31. The van der Waals surface area contributed by atoms with Gasteiger partial charge in [0.25, 0.3) is 5.91 Å². The summed E-state index contributed by atoms with van der Waals surface area (Å²) < 4.78 is 11.3. The highest BCUT2D eigenvalue weighted by Gasteiger charge is 2.09. The van der Waals surface area contributed by atoms with Crippen molar-refractivity contribution in [2.45, 2.75) is 0 Å². The maximum Gasteiger partial charge on any atom is 0.271 e. The third kappa shape index (κ3) is 4.46. The fourth-order valence-corrected chi connectivity index (χ4v) is 2.32. The Labute approximate surface area is 147 Å². The van der Waals surface area contributed by atoms with Crippen LogP contribution in [0.5, 0.6) is 11.5 Å². The zero-order chi connectivity index (χ0) is 16.8. The molecule has 0 fully saturated rings. The minimum absolute atomic E-state index is 0.313. The predicted octanol–water partition coefficient (Wildman–Crippen LogP) is 3.88. The Hall–Kier alpha value is -2.05. The molecule has 0 aliphatic heterocycles. The first-order valence-electron chi connectivity index (χ1n) is 6.55. The van der Waals surface area contributed by atoms with Gasteiger partial charge in [0.2, 0.25) is 0 Å². The van der Waals surface area contributed by atoms with E-state index in [1.807, 2.05) is 0 Å². The smallest absolute Gasteiger partial charge is 0.271 e. The topological polar surface area (TPSA) is 59.9 Å². The number of carbonyl (C=O) groups is 1. The van der Waals surface area contributed by atoms with Gasteiger partial charge in [-0.3, -0.25) is 4.79 Å². The zero-order valence-electron chi connectivity index (χ0n) is 12.5. The van der Waals surface area contributed by atoms with Crippen LogP contribution < -0.4 is 14.9 Å². The first kappa shape index (κ1) is 17.3. The monoisotopic (exact) mass is 396 g/mol. The Morgan fingerprint density at radius 3 is 2.43 bits per heavy atom. The summed E-state index contributed by atoms with van der Waals surface area (Å²) in [5.41, 5.74) is 3.58. The Morgan fingerprint density at radius 2 is 1.83 bits per heavy atom. The lowest BCUT2D eigenvalue weighted by Crippen LogP contribution is -2.17. The number of methoxy groups -OCH3 is 2. The number of benzene rings is 2. The number of nitrogens with zero attached hydrogens (tertiary/aromatic N) is 1. The second kappa shape index (κ2) is 7.99. The van der Waals surface area contributed by atoms with E-state index in [-0.39, 0.29) is 5.91 Å². The molecule has 0 aromatic heterocycles. The summed E-state index contributed by atoms with van der Waals surface area (Å²) in [7, 11) is 3.05. The van der Waals surface area contributed by atoms with Gasteiger partial charge < -0.3 is 9.47 Å². The molecule has 0 saturated heterocycles. The molecule has 2 rings (SSSR count). The Balaban J connectivity index is 2.12. The van der Waals surface area contributed by atoms with Gasteiger partial charge in [0, 0.05) is 21.7 Å². The number of hydrogen-bond acceptors (Lipinski definition) is 4. The lowest BCUT2D eigenvalue weighted by molar-refractivity contribution is 0.0955. The molecular formula is C16H14BrClN2O3. The summed E-state index contributed by atoms with van der Waals surface area (Å²) >= 11 is 9.39. The molecule has 1 amide bonds. The molecule has 2 aromatic carbocycles. The van der Waals surface area contributed by atoms with E-state index < -0.39 is 0 Å². The molecule has 0 aliphatic rings. The van der Waals surface area contributed by atoms with Gasteiger partial charge in [0.1, 0.15) is 11.5 Å². The van der Waals surface area contributed by atoms with Gasteiger partial charge in [0.05, 0.1) is 25.5 Å². The molecule has 0 bridgehead atoms. The molecule has 120 valence electrons. The highest BCUT2D eigenvalue weighted by molar-refractivity contribution is 9.10. The van der Waals surface area contributed by atoms with Crippen molar-refractivity contribution in [3.8, 4) is 11.5 Å². The Morgan fingerprint density at radius 1 is 1.17 bits per heavy atom. The van der Waals surface area contributed by atoms with Crippen molar-refractivity contribution in [2.75, 3.05) is 14.2 Å². The SMILES string of the molecule is COc1cc(OC)c(/C=N\NC(=O)c2ccc(Br)cc2)cc1Cl. The molecule has 0 aliphatic carbocycles. The molecule has 7 heteroatoms. The quantitative estimate of drug-likeness (QED) is 0.615. The number of amides is 1. The van der Waals surface area contributed by atoms with Crippen LogP contribution in [0.4, 0.5) is 0 Å². The molecule has 0 heterocycles. The third-order valence-electron chi connectivity index (χ3n) is 2.98. The number of nitrogens with one attached hydrogen (secondary N) is 1. The van der Waals surface area contributed by atoms with E-state index in [1.54, 1.807) is 36.4 Å². The highest BCUT2D eigenvalue weighted by atomic mass is 79.9. The number of ether oxygens (including phenoxy) is 2. The summed E-state index contributed by atoms with van der Waals surface area (Å²) in [6.45, 7) is 0. The maximum absolute atomic E-state index is 12.0. The number of hydrazone groups is 1. The van der Waals surface area contributed by atoms with Crippen molar-refractivity contribution in [1.29, 1.82) is 0 Å². The van der Waals surface area contributed by atoms with Crippen molar-refractivity contribution < 1.29 is 14.3 Å². The van der Waals surface area contributed by atoms with Crippen LogP contribution in [0.15, 0.2) is 46.0 Å². The van der Waals surface area contributed by atoms with Crippen molar-refractivity contribution in [3.63, 3.8) is 0 Å². The van der Waals surface area contributed by atoms with Crippen LogP contribution in [0, 0.1) is 0 Å². The predicted molar refractivity (Wildman–Crippen MR) is 93.8 cm³/mol. The molecular weight excluding hydrogens is 384 g/mol. The molecule has 0 spiro atoms. The average molecular weight is 398 g/mol. The molecule has 0 atom stereocenters. The second-order valence-corrected chi connectivity index (χ2v) is 5.76. The van der Waals surface area contributed by atoms with E-state index in [4.69, 9.17) is 21.1 Å². The summed E-state index contributed by atoms with van der Waals surface area (Å²) in [5.74, 6) is 0.722. The standard InChI is InChI=1S/C16H14BrClN2O3/c1-22-14-8-15(23-2)13(18)7-11(14)9-19-20-16(21)10-3-5-12(17)6-4-10/h3-9H,1-2H3,(H,20,21)/b19-9-. The zero-order valence-corrected chi connectivity index (χ0v) is 14.8. The molecule has 23 heavy (non-hydrogen) atoms. The fraction of sp³-hybridized carbons (Fsp3) is 0.125. The van der Waals surface area contributed by atoms with E-state index in [0.717, 1.165) is 4.47 Å². The first-order valence-corrected chi connectivity index (χ1v) is 7.72. The Kier molecular flexibility index (Phi) is 6.01. The maximum atomic E-state index is 12.0. The fourth-order valence-electron chi connectivity index (χ4n) is 1.81. The minimum atomic E-state index is -0.313. The summed E-state index contributed by atoms with van der Waals surface area (Å²) in [4.78, 5) is 12.0. The van der Waals surface area contributed by atoms with Crippen molar-refractivity contribution in [1.82, 2.24) is 5.43 Å². The van der Waals surface area contributed by atoms with E-state index in [2.05, 4.69) is 26.5 Å². The van der Waals surface area contributed by atoms with Crippen LogP contribution in [-0.2, 0) is 0 Å². The van der Waals surface area contributed by atoms with Gasteiger partial charge in [-0.15, -0.1) is 0 Å². The summed E-state index contributed by atoms with van der Waals surface area (Å²) in [6, 6.07) is 10.3. The van der Waals surface area contributed by atoms with Crippen LogP contribution in [0.3, 0.4) is 0 Å². The molecule has 5 nitrogen and oxygen atoms in total. The van der Waals surface area contributed by atoms with Gasteiger partial charge in [-0.25, -0.2) is 5.43 Å². The second-order valence-electron chi connectivity index (χ2n) is 4.43. The molecule has 0 radical (unpaired) electrons. The summed E-state index contributed by atoms with van der Waals surface area (Å²) in [6.07, 6.45) is 1.46. The van der Waals surface area contributed by atoms with Crippen molar-refractivity contribution in [2.24, 2.45) is 5.10 Å². The molecule has 0 saturated carbocycles. The van der Waals surface area contributed by atoms with Crippen LogP contribution in [-0.4, -0.2) is 26.3 Å². The first-order chi connectivity index (χ1) is 11.0. The van der Waals surface area contributed by atoms with Crippen LogP contribution >= 0.6 is 27.5 Å². The van der Waals surface area contributed by atoms with E-state index in [0.29, 0.717) is 27.6 Å². The third-order valence-corrected chi connectivity index (χ3v) is 3.80. The lowest BCUT2D eigenvalue weighted by atomic mass is 10.2. The Bertz CT molecular complexity index is 733. The summed E-state index contributed by atoms with van der Waals surface area (Å²) in [5, 5.41) is 4.35. The molecule has 0 unspecified atom stereocenters. The lowest BCUT2D eigenvalue weighted by Gasteiger charge is -2.09. The number of halogens is 2. The van der Waals surface area contributed by atoms with Crippen molar-refractivity contribution >= 4 is 39.7 Å². The van der Waals surface area contributed by atoms with E-state index in [9.17, 15) is 4.79 Å². The van der Waals surface area contributed by atoms with Gasteiger partial charge >= 0.3 is 0 Å². The van der Waals surface area contributed by atoms with Gasteiger partial charge in [-0.05, 0) is 30.3 Å². The number of rotatable bonds is 5. The van der Waals surface area contributed by atoms with Gasteiger partial charge in [-0.1, -0.05) is 27.5 Å². The minimum Gasteiger partial charge on any atom is -0.496 e. The number of hydrogen-bond donors (Lipinski definition) is 1. The molecule has 1 N–H and O–H groups in total. The van der Waals surface area contributed by atoms with Crippen LogP contribution in [0.25, 0.3) is 0 Å². The van der Waals surface area contributed by atoms with Crippen LogP contribution in [0.2, 0.25) is 5.02 Å².